The summed E-state index contributed by atoms with van der Waals surface area (Å²) >= 11 is 1.69. The molecular formula is C14H20N4S. The molecule has 0 spiro atoms. The Kier molecular flexibility index (Phi) is 3.55. The first kappa shape index (κ1) is 12.7. The zero-order valence-electron chi connectivity index (χ0n) is 11.5. The van der Waals surface area contributed by atoms with Crippen LogP contribution in [-0.2, 0) is 0 Å². The van der Waals surface area contributed by atoms with E-state index < -0.39 is 0 Å². The first-order valence-corrected chi connectivity index (χ1v) is 7.93. The molecule has 0 amide bonds. The summed E-state index contributed by atoms with van der Waals surface area (Å²) in [6, 6.07) is 2.14. The summed E-state index contributed by atoms with van der Waals surface area (Å²) in [7, 11) is 0. The van der Waals surface area contributed by atoms with Gasteiger partial charge in [-0.1, -0.05) is 13.3 Å². The van der Waals surface area contributed by atoms with Crippen molar-refractivity contribution < 1.29 is 0 Å². The number of aromatic nitrogens is 2. The Morgan fingerprint density at radius 3 is 3.05 bits per heavy atom. The van der Waals surface area contributed by atoms with E-state index in [2.05, 4.69) is 40.5 Å². The van der Waals surface area contributed by atoms with Crippen LogP contribution in [0.2, 0.25) is 0 Å². The van der Waals surface area contributed by atoms with E-state index in [4.69, 9.17) is 4.98 Å². The number of anilines is 2. The first-order chi connectivity index (χ1) is 9.31. The summed E-state index contributed by atoms with van der Waals surface area (Å²) in [6.45, 7) is 7.45. The fourth-order valence-corrected chi connectivity index (χ4v) is 3.43. The molecule has 1 N–H and O–H groups in total. The predicted octanol–water partition coefficient (Wildman–Crippen LogP) is 3.36. The fraction of sp³-hybridized carbons (Fsp3) is 0.571. The molecule has 5 heteroatoms. The van der Waals surface area contributed by atoms with E-state index in [1.165, 1.54) is 18.2 Å². The summed E-state index contributed by atoms with van der Waals surface area (Å²) < 4.78 is 0. The Morgan fingerprint density at radius 2 is 2.32 bits per heavy atom. The number of nitrogens with one attached hydrogen (secondary N) is 1. The molecule has 1 fully saturated rings. The number of hydrogen-bond acceptors (Lipinski definition) is 5. The summed E-state index contributed by atoms with van der Waals surface area (Å²) in [5.41, 5.74) is 0. The molecule has 2 aromatic heterocycles. The number of hydrogen-bond donors (Lipinski definition) is 1. The minimum atomic E-state index is 0.757. The second-order valence-corrected chi connectivity index (χ2v) is 5.94. The minimum Gasteiger partial charge on any atom is -0.356 e. The van der Waals surface area contributed by atoms with Crippen LogP contribution in [0.5, 0.6) is 0 Å². The third-order valence-electron chi connectivity index (χ3n) is 3.80. The van der Waals surface area contributed by atoms with E-state index >= 15 is 0 Å². The van der Waals surface area contributed by atoms with Crippen molar-refractivity contribution >= 4 is 33.3 Å². The smallest absolute Gasteiger partial charge is 0.226 e. The molecule has 0 aromatic carbocycles. The van der Waals surface area contributed by atoms with Crippen LogP contribution in [0.1, 0.15) is 26.7 Å². The molecule has 1 unspecified atom stereocenters. The van der Waals surface area contributed by atoms with Crippen LogP contribution in [0.3, 0.4) is 0 Å². The van der Waals surface area contributed by atoms with Gasteiger partial charge in [0.1, 0.15) is 10.6 Å². The van der Waals surface area contributed by atoms with Gasteiger partial charge < -0.3 is 10.2 Å². The second kappa shape index (κ2) is 5.33. The second-order valence-electron chi connectivity index (χ2n) is 5.05. The predicted molar refractivity (Wildman–Crippen MR) is 82.2 cm³/mol. The molecule has 19 heavy (non-hydrogen) atoms. The average molecular weight is 276 g/mol. The molecule has 3 rings (SSSR count). The number of thiophene rings is 1. The van der Waals surface area contributed by atoms with Gasteiger partial charge in [0.15, 0.2) is 0 Å². The lowest BCUT2D eigenvalue weighted by Gasteiger charge is -2.19. The Balaban J connectivity index is 1.98. The molecule has 3 heterocycles. The highest BCUT2D eigenvalue weighted by Crippen LogP contribution is 2.32. The van der Waals surface area contributed by atoms with Crippen molar-refractivity contribution in [3.63, 3.8) is 0 Å². The molecule has 1 atom stereocenters. The van der Waals surface area contributed by atoms with Gasteiger partial charge in [0.25, 0.3) is 0 Å². The summed E-state index contributed by atoms with van der Waals surface area (Å²) in [6.07, 6.45) is 2.54. The van der Waals surface area contributed by atoms with Crippen molar-refractivity contribution in [1.29, 1.82) is 0 Å². The van der Waals surface area contributed by atoms with Crippen molar-refractivity contribution in [3.05, 3.63) is 11.4 Å². The van der Waals surface area contributed by atoms with Gasteiger partial charge in [-0.15, -0.1) is 11.3 Å². The van der Waals surface area contributed by atoms with E-state index in [9.17, 15) is 0 Å². The van der Waals surface area contributed by atoms with Gasteiger partial charge in [-0.05, 0) is 30.7 Å². The maximum Gasteiger partial charge on any atom is 0.226 e. The lowest BCUT2D eigenvalue weighted by molar-refractivity contribution is 0.569. The number of rotatable bonds is 4. The van der Waals surface area contributed by atoms with Gasteiger partial charge in [-0.25, -0.2) is 4.98 Å². The highest BCUT2D eigenvalue weighted by molar-refractivity contribution is 7.16. The average Bonchev–Trinajstić information content (AvgIpc) is 3.06. The van der Waals surface area contributed by atoms with Crippen molar-refractivity contribution in [3.8, 4) is 0 Å². The van der Waals surface area contributed by atoms with Crippen molar-refractivity contribution in [2.75, 3.05) is 29.9 Å². The maximum atomic E-state index is 4.72. The van der Waals surface area contributed by atoms with Gasteiger partial charge in [-0.2, -0.15) is 4.98 Å². The third kappa shape index (κ3) is 2.39. The Labute approximate surface area is 117 Å². The molecule has 0 radical (unpaired) electrons. The zero-order chi connectivity index (χ0) is 13.2. The van der Waals surface area contributed by atoms with Gasteiger partial charge in [0.05, 0.1) is 5.39 Å². The third-order valence-corrected chi connectivity index (χ3v) is 4.61. The number of nitrogens with zero attached hydrogens (tertiary/aromatic N) is 3. The van der Waals surface area contributed by atoms with Crippen LogP contribution in [0, 0.1) is 5.92 Å². The van der Waals surface area contributed by atoms with Crippen LogP contribution < -0.4 is 10.2 Å². The Hall–Kier alpha value is -1.36. The van der Waals surface area contributed by atoms with Crippen LogP contribution in [-0.4, -0.2) is 29.6 Å². The molecule has 1 aliphatic heterocycles. The van der Waals surface area contributed by atoms with Gasteiger partial charge >= 0.3 is 0 Å². The minimum absolute atomic E-state index is 0.757. The molecule has 0 aliphatic carbocycles. The van der Waals surface area contributed by atoms with Gasteiger partial charge in [-0.3, -0.25) is 0 Å². The Bertz CT molecular complexity index is 566. The highest BCUT2D eigenvalue weighted by atomic mass is 32.1. The lowest BCUT2D eigenvalue weighted by Crippen LogP contribution is -2.21. The number of fused-ring (bicyclic) bond motifs is 1. The van der Waals surface area contributed by atoms with E-state index in [1.54, 1.807) is 11.3 Å². The highest BCUT2D eigenvalue weighted by Gasteiger charge is 2.24. The van der Waals surface area contributed by atoms with Crippen LogP contribution in [0.15, 0.2) is 11.4 Å². The standard InChI is InChI=1S/C14H20N4S/c1-3-10-5-7-18(9-10)12-11-6-8-19-13(11)17-14(16-12)15-4-2/h6,8,10H,3-5,7,9H2,1-2H3,(H,15,16,17). The molecule has 102 valence electrons. The molecule has 4 nitrogen and oxygen atoms in total. The molecule has 0 saturated carbocycles. The monoisotopic (exact) mass is 276 g/mol. The largest absolute Gasteiger partial charge is 0.356 e. The van der Waals surface area contributed by atoms with Gasteiger partial charge in [0, 0.05) is 19.6 Å². The molecule has 1 saturated heterocycles. The Morgan fingerprint density at radius 1 is 1.42 bits per heavy atom. The maximum absolute atomic E-state index is 4.72. The fourth-order valence-electron chi connectivity index (χ4n) is 2.68. The normalized spacial score (nSPS) is 19.3. The molecule has 0 bridgehead atoms. The lowest BCUT2D eigenvalue weighted by atomic mass is 10.1. The quantitative estimate of drug-likeness (QED) is 0.929. The van der Waals surface area contributed by atoms with Crippen LogP contribution in [0.4, 0.5) is 11.8 Å². The van der Waals surface area contributed by atoms with E-state index in [0.717, 1.165) is 42.1 Å². The van der Waals surface area contributed by atoms with Crippen LogP contribution >= 0.6 is 11.3 Å². The van der Waals surface area contributed by atoms with Gasteiger partial charge in [0.2, 0.25) is 5.95 Å². The van der Waals surface area contributed by atoms with E-state index in [1.807, 2.05) is 0 Å². The van der Waals surface area contributed by atoms with E-state index in [-0.39, 0.29) is 0 Å². The summed E-state index contributed by atoms with van der Waals surface area (Å²) in [5.74, 6) is 2.68. The van der Waals surface area contributed by atoms with Crippen molar-refractivity contribution in [1.82, 2.24) is 9.97 Å². The van der Waals surface area contributed by atoms with Crippen molar-refractivity contribution in [2.24, 2.45) is 5.92 Å². The summed E-state index contributed by atoms with van der Waals surface area (Å²) in [5, 5.41) is 6.54. The topological polar surface area (TPSA) is 41.1 Å². The summed E-state index contributed by atoms with van der Waals surface area (Å²) in [4.78, 5) is 12.8. The first-order valence-electron chi connectivity index (χ1n) is 7.05. The van der Waals surface area contributed by atoms with E-state index in [0.29, 0.717) is 0 Å². The zero-order valence-corrected chi connectivity index (χ0v) is 12.3. The van der Waals surface area contributed by atoms with Crippen LogP contribution in [0.25, 0.3) is 10.2 Å². The van der Waals surface area contributed by atoms with Crippen molar-refractivity contribution in [2.45, 2.75) is 26.7 Å². The molecule has 1 aliphatic rings. The SMILES string of the molecule is CCNc1nc(N2CCC(CC)C2)c2ccsc2n1. The molecule has 2 aromatic rings. The molecular weight excluding hydrogens is 256 g/mol.